The van der Waals surface area contributed by atoms with Crippen LogP contribution in [0.25, 0.3) is 11.2 Å². The van der Waals surface area contributed by atoms with Crippen molar-refractivity contribution in [2.75, 3.05) is 5.32 Å². The van der Waals surface area contributed by atoms with Gasteiger partial charge in [-0.1, -0.05) is 11.6 Å². The van der Waals surface area contributed by atoms with Gasteiger partial charge in [0.15, 0.2) is 11.3 Å². The van der Waals surface area contributed by atoms with Crippen molar-refractivity contribution in [1.82, 2.24) is 14.5 Å². The highest BCUT2D eigenvalue weighted by molar-refractivity contribution is 14.1. The standard InChI is InChI=1S/C14H9ClFIN4O2/c1-21-5-18-11-9(15)10(12(14(22)23)20-13(11)21)19-8-3-2-6(17)4-7(8)16/h2-5,19H,1H3,(H,22,23). The molecule has 118 valence electrons. The van der Waals surface area contributed by atoms with Crippen molar-refractivity contribution in [3.05, 3.63) is 44.6 Å². The number of aryl methyl sites for hydroxylation is 1. The van der Waals surface area contributed by atoms with E-state index in [9.17, 15) is 14.3 Å². The Morgan fingerprint density at radius 3 is 2.87 bits per heavy atom. The smallest absolute Gasteiger partial charge is 0.356 e. The summed E-state index contributed by atoms with van der Waals surface area (Å²) >= 11 is 8.25. The van der Waals surface area contributed by atoms with Crippen LogP contribution in [-0.4, -0.2) is 25.6 Å². The van der Waals surface area contributed by atoms with E-state index >= 15 is 0 Å². The molecule has 2 N–H and O–H groups in total. The largest absolute Gasteiger partial charge is 0.476 e. The number of hydrogen-bond acceptors (Lipinski definition) is 4. The molecule has 0 atom stereocenters. The fraction of sp³-hybridized carbons (Fsp3) is 0.0714. The Morgan fingerprint density at radius 2 is 2.22 bits per heavy atom. The third kappa shape index (κ3) is 2.83. The van der Waals surface area contributed by atoms with E-state index in [1.54, 1.807) is 17.7 Å². The number of carboxylic acids is 1. The summed E-state index contributed by atoms with van der Waals surface area (Å²) in [6.45, 7) is 0. The van der Waals surface area contributed by atoms with Gasteiger partial charge in [-0.25, -0.2) is 19.2 Å². The lowest BCUT2D eigenvalue weighted by atomic mass is 10.2. The van der Waals surface area contributed by atoms with E-state index in [-0.39, 0.29) is 22.1 Å². The van der Waals surface area contributed by atoms with Crippen molar-refractivity contribution < 1.29 is 14.3 Å². The van der Waals surface area contributed by atoms with Crippen molar-refractivity contribution in [3.8, 4) is 0 Å². The molecule has 2 heterocycles. The van der Waals surface area contributed by atoms with Crippen LogP contribution in [-0.2, 0) is 7.05 Å². The molecule has 0 aliphatic carbocycles. The van der Waals surface area contributed by atoms with E-state index in [4.69, 9.17) is 11.6 Å². The number of nitrogens with one attached hydrogen (secondary N) is 1. The fourth-order valence-electron chi connectivity index (χ4n) is 2.09. The second-order valence-electron chi connectivity index (χ2n) is 4.73. The molecule has 0 saturated heterocycles. The van der Waals surface area contributed by atoms with Crippen LogP contribution in [0.4, 0.5) is 15.8 Å². The quantitative estimate of drug-likeness (QED) is 0.598. The molecule has 0 saturated carbocycles. The van der Waals surface area contributed by atoms with Gasteiger partial charge < -0.3 is 15.0 Å². The molecule has 6 nitrogen and oxygen atoms in total. The topological polar surface area (TPSA) is 80.0 Å². The molecule has 0 radical (unpaired) electrons. The molecule has 0 unspecified atom stereocenters. The van der Waals surface area contributed by atoms with E-state index in [2.05, 4.69) is 15.3 Å². The van der Waals surface area contributed by atoms with Crippen LogP contribution in [0.15, 0.2) is 24.5 Å². The van der Waals surface area contributed by atoms with Gasteiger partial charge in [-0.15, -0.1) is 0 Å². The molecule has 3 aromatic rings. The van der Waals surface area contributed by atoms with Gasteiger partial charge in [-0.05, 0) is 40.8 Å². The summed E-state index contributed by atoms with van der Waals surface area (Å²) in [4.78, 5) is 19.7. The predicted octanol–water partition coefficient (Wildman–Crippen LogP) is 3.81. The number of pyridine rings is 1. The van der Waals surface area contributed by atoms with E-state index in [1.807, 2.05) is 22.6 Å². The number of carboxylic acid groups (broad SMARTS) is 1. The number of hydrogen-bond donors (Lipinski definition) is 2. The number of imidazole rings is 1. The molecule has 9 heteroatoms. The summed E-state index contributed by atoms with van der Waals surface area (Å²) in [5.74, 6) is -1.80. The Kier molecular flexibility index (Phi) is 4.11. The minimum atomic E-state index is -1.27. The molecule has 0 aliphatic heterocycles. The maximum atomic E-state index is 14.0. The number of nitrogens with zero attached hydrogens (tertiary/aromatic N) is 3. The maximum absolute atomic E-state index is 14.0. The third-order valence-electron chi connectivity index (χ3n) is 3.18. The molecule has 0 bridgehead atoms. The van der Waals surface area contributed by atoms with Gasteiger partial charge in [-0.3, -0.25) is 0 Å². The van der Waals surface area contributed by atoms with E-state index < -0.39 is 11.8 Å². The number of aromatic carboxylic acids is 1. The summed E-state index contributed by atoms with van der Waals surface area (Å²) in [6, 6.07) is 4.51. The van der Waals surface area contributed by atoms with Crippen LogP contribution in [0.2, 0.25) is 5.02 Å². The van der Waals surface area contributed by atoms with E-state index in [0.717, 1.165) is 0 Å². The third-order valence-corrected chi connectivity index (χ3v) is 4.22. The summed E-state index contributed by atoms with van der Waals surface area (Å²) in [5.41, 5.74) is 0.482. The minimum absolute atomic E-state index is 0.00507. The second-order valence-corrected chi connectivity index (χ2v) is 6.35. The number of aromatic nitrogens is 3. The number of halogens is 3. The Hall–Kier alpha value is -1.94. The van der Waals surface area contributed by atoms with Crippen LogP contribution in [0.3, 0.4) is 0 Å². The molecule has 0 fully saturated rings. The van der Waals surface area contributed by atoms with E-state index in [1.165, 1.54) is 18.5 Å². The van der Waals surface area contributed by atoms with Gasteiger partial charge in [0.2, 0.25) is 0 Å². The van der Waals surface area contributed by atoms with Crippen LogP contribution < -0.4 is 5.32 Å². The highest BCUT2D eigenvalue weighted by Crippen LogP contribution is 2.34. The zero-order chi connectivity index (χ0) is 16.7. The molecule has 0 amide bonds. The molecule has 2 aromatic heterocycles. The second kappa shape index (κ2) is 5.93. The van der Waals surface area contributed by atoms with Crippen LogP contribution >= 0.6 is 34.2 Å². The molecule has 0 aliphatic rings. The Bertz CT molecular complexity index is 944. The summed E-state index contributed by atoms with van der Waals surface area (Å²) in [5, 5.41) is 12.2. The first kappa shape index (κ1) is 15.9. The lowest BCUT2D eigenvalue weighted by Crippen LogP contribution is -2.08. The SMILES string of the molecule is Cn1cnc2c(Cl)c(Nc3ccc(I)cc3F)c(C(=O)O)nc21. The van der Waals surface area contributed by atoms with Gasteiger partial charge in [0.05, 0.1) is 22.7 Å². The van der Waals surface area contributed by atoms with Gasteiger partial charge in [0.1, 0.15) is 11.3 Å². The van der Waals surface area contributed by atoms with Crippen molar-refractivity contribution in [2.24, 2.45) is 7.05 Å². The molecule has 3 rings (SSSR count). The van der Waals surface area contributed by atoms with E-state index in [0.29, 0.717) is 14.7 Å². The average molecular weight is 447 g/mol. The predicted molar refractivity (Wildman–Crippen MR) is 92.9 cm³/mol. The average Bonchev–Trinajstić information content (AvgIpc) is 2.85. The maximum Gasteiger partial charge on any atom is 0.356 e. The molecular weight excluding hydrogens is 438 g/mol. The highest BCUT2D eigenvalue weighted by Gasteiger charge is 2.22. The first-order valence-corrected chi connectivity index (χ1v) is 7.80. The van der Waals surface area contributed by atoms with Crippen molar-refractivity contribution in [3.63, 3.8) is 0 Å². The van der Waals surface area contributed by atoms with Gasteiger partial charge in [-0.2, -0.15) is 0 Å². The molecule has 23 heavy (non-hydrogen) atoms. The number of benzene rings is 1. The summed E-state index contributed by atoms with van der Waals surface area (Å²) < 4.78 is 16.3. The molecular formula is C14H9ClFIN4O2. The number of fused-ring (bicyclic) bond motifs is 1. The lowest BCUT2D eigenvalue weighted by molar-refractivity contribution is 0.0692. The normalized spacial score (nSPS) is 11.0. The fourth-order valence-corrected chi connectivity index (χ4v) is 2.81. The molecule has 1 aromatic carbocycles. The zero-order valence-electron chi connectivity index (χ0n) is 11.6. The first-order chi connectivity index (χ1) is 10.9. The Labute approximate surface area is 148 Å². The highest BCUT2D eigenvalue weighted by atomic mass is 127. The first-order valence-electron chi connectivity index (χ1n) is 6.34. The van der Waals surface area contributed by atoms with Crippen LogP contribution in [0.1, 0.15) is 10.5 Å². The number of anilines is 2. The summed E-state index contributed by atoms with van der Waals surface area (Å²) in [6.07, 6.45) is 1.48. The van der Waals surface area contributed by atoms with Crippen molar-refractivity contribution in [2.45, 2.75) is 0 Å². The van der Waals surface area contributed by atoms with Crippen molar-refractivity contribution >= 4 is 62.7 Å². The Morgan fingerprint density at radius 1 is 1.48 bits per heavy atom. The van der Waals surface area contributed by atoms with Crippen LogP contribution in [0, 0.1) is 9.39 Å². The van der Waals surface area contributed by atoms with Gasteiger partial charge in [0, 0.05) is 10.6 Å². The zero-order valence-corrected chi connectivity index (χ0v) is 14.6. The molecule has 0 spiro atoms. The monoisotopic (exact) mass is 446 g/mol. The Balaban J connectivity index is 2.21. The van der Waals surface area contributed by atoms with Gasteiger partial charge >= 0.3 is 5.97 Å². The summed E-state index contributed by atoms with van der Waals surface area (Å²) in [7, 11) is 1.68. The lowest BCUT2D eigenvalue weighted by Gasteiger charge is -2.12. The van der Waals surface area contributed by atoms with Crippen LogP contribution in [0.5, 0.6) is 0 Å². The number of carbonyl (C=O) groups is 1. The van der Waals surface area contributed by atoms with Gasteiger partial charge in [0.25, 0.3) is 0 Å². The number of rotatable bonds is 3. The minimum Gasteiger partial charge on any atom is -0.476 e. The van der Waals surface area contributed by atoms with Crippen molar-refractivity contribution in [1.29, 1.82) is 0 Å².